The first kappa shape index (κ1) is 17.0. The summed E-state index contributed by atoms with van der Waals surface area (Å²) in [6.45, 7) is 6.14. The molecule has 2 N–H and O–H groups in total. The van der Waals surface area contributed by atoms with Crippen molar-refractivity contribution in [1.82, 2.24) is 5.32 Å². The number of carboxylic acids is 1. The van der Waals surface area contributed by atoms with E-state index in [1.807, 2.05) is 39.0 Å². The van der Waals surface area contributed by atoms with Crippen LogP contribution in [0.2, 0.25) is 0 Å². The van der Waals surface area contributed by atoms with Gasteiger partial charge in [0.05, 0.1) is 0 Å². The second-order valence-corrected chi connectivity index (χ2v) is 5.29. The summed E-state index contributed by atoms with van der Waals surface area (Å²) in [5, 5.41) is 11.5. The Morgan fingerprint density at radius 3 is 2.38 bits per heavy atom. The number of rotatable bonds is 8. The Balaban J connectivity index is 2.38. The number of carboxylic acid groups (broad SMARTS) is 1. The second-order valence-electron chi connectivity index (χ2n) is 5.29. The van der Waals surface area contributed by atoms with Crippen LogP contribution in [0.15, 0.2) is 18.2 Å². The fourth-order valence-electron chi connectivity index (χ4n) is 2.08. The van der Waals surface area contributed by atoms with Crippen LogP contribution in [0, 0.1) is 19.8 Å². The third-order valence-corrected chi connectivity index (χ3v) is 3.19. The molecular weight excluding hydrogens is 270 g/mol. The van der Waals surface area contributed by atoms with Gasteiger partial charge in [-0.15, -0.1) is 0 Å². The van der Waals surface area contributed by atoms with Gasteiger partial charge in [-0.2, -0.15) is 0 Å². The summed E-state index contributed by atoms with van der Waals surface area (Å²) in [7, 11) is 0. The average molecular weight is 293 g/mol. The van der Waals surface area contributed by atoms with Gasteiger partial charge in [-0.25, -0.2) is 0 Å². The molecule has 0 saturated carbocycles. The molecule has 5 nitrogen and oxygen atoms in total. The first-order valence-electron chi connectivity index (χ1n) is 7.10. The van der Waals surface area contributed by atoms with Crippen molar-refractivity contribution in [2.75, 3.05) is 13.2 Å². The number of hydrogen-bond acceptors (Lipinski definition) is 3. The molecule has 5 heteroatoms. The smallest absolute Gasteiger partial charge is 0.303 e. The zero-order valence-corrected chi connectivity index (χ0v) is 12.8. The van der Waals surface area contributed by atoms with Crippen molar-refractivity contribution in [3.05, 3.63) is 29.3 Å². The summed E-state index contributed by atoms with van der Waals surface area (Å²) in [5.74, 6) is -0.464. The minimum absolute atomic E-state index is 0.0485. The lowest BCUT2D eigenvalue weighted by Crippen LogP contribution is -2.33. The Labute approximate surface area is 125 Å². The molecule has 0 spiro atoms. The van der Waals surface area contributed by atoms with Crippen LogP contribution in [0.25, 0.3) is 0 Å². The highest BCUT2D eigenvalue weighted by atomic mass is 16.5. The van der Waals surface area contributed by atoms with Gasteiger partial charge in [-0.05, 0) is 43.0 Å². The Kier molecular flexibility index (Phi) is 6.72. The van der Waals surface area contributed by atoms with E-state index in [0.29, 0.717) is 18.7 Å². The number of ether oxygens (including phenoxy) is 1. The van der Waals surface area contributed by atoms with Crippen LogP contribution in [0.3, 0.4) is 0 Å². The third-order valence-electron chi connectivity index (χ3n) is 3.19. The summed E-state index contributed by atoms with van der Waals surface area (Å²) in [6, 6.07) is 5.78. The summed E-state index contributed by atoms with van der Waals surface area (Å²) in [5.41, 5.74) is 2.16. The quantitative estimate of drug-likeness (QED) is 0.771. The fourth-order valence-corrected chi connectivity index (χ4v) is 2.08. The Hall–Kier alpha value is -2.04. The van der Waals surface area contributed by atoms with E-state index in [0.717, 1.165) is 11.1 Å². The van der Waals surface area contributed by atoms with E-state index in [-0.39, 0.29) is 24.9 Å². The van der Waals surface area contributed by atoms with Crippen molar-refractivity contribution in [3.63, 3.8) is 0 Å². The van der Waals surface area contributed by atoms with E-state index in [1.165, 1.54) is 0 Å². The van der Waals surface area contributed by atoms with E-state index < -0.39 is 5.97 Å². The van der Waals surface area contributed by atoms with Gasteiger partial charge < -0.3 is 15.2 Å². The van der Waals surface area contributed by atoms with E-state index >= 15 is 0 Å². The Morgan fingerprint density at radius 1 is 1.24 bits per heavy atom. The Bertz CT molecular complexity index is 479. The van der Waals surface area contributed by atoms with Gasteiger partial charge in [-0.3, -0.25) is 9.59 Å². The highest BCUT2D eigenvalue weighted by Crippen LogP contribution is 2.16. The highest BCUT2D eigenvalue weighted by molar-refractivity contribution is 5.77. The molecule has 0 radical (unpaired) electrons. The lowest BCUT2D eigenvalue weighted by molar-refractivity contribution is -0.138. The number of aliphatic carboxylic acids is 1. The number of benzene rings is 1. The number of aryl methyl sites for hydroxylation is 2. The van der Waals surface area contributed by atoms with Crippen LogP contribution in [0.5, 0.6) is 5.75 Å². The maximum atomic E-state index is 11.7. The topological polar surface area (TPSA) is 75.6 Å². The molecule has 0 aliphatic carbocycles. The van der Waals surface area contributed by atoms with Gasteiger partial charge in [0.2, 0.25) is 0 Å². The van der Waals surface area contributed by atoms with Crippen molar-refractivity contribution < 1.29 is 19.4 Å². The lowest BCUT2D eigenvalue weighted by atomic mass is 10.0. The summed E-state index contributed by atoms with van der Waals surface area (Å²) in [4.78, 5) is 22.4. The maximum absolute atomic E-state index is 11.7. The standard InChI is InChI=1S/C16H23NO4/c1-4-13(8-16(19)20)9-17-15(18)10-21-14-6-11(2)5-12(3)7-14/h5-7,13H,4,8-10H2,1-3H3,(H,17,18)(H,19,20). The molecule has 1 rings (SSSR count). The number of carbonyl (C=O) groups is 2. The molecule has 0 aliphatic rings. The minimum atomic E-state index is -0.845. The molecule has 1 atom stereocenters. The monoisotopic (exact) mass is 293 g/mol. The van der Waals surface area contributed by atoms with Gasteiger partial charge in [0.1, 0.15) is 5.75 Å². The van der Waals surface area contributed by atoms with Gasteiger partial charge in [0, 0.05) is 13.0 Å². The summed E-state index contributed by atoms with van der Waals surface area (Å²) in [6.07, 6.45) is 0.777. The zero-order valence-electron chi connectivity index (χ0n) is 12.8. The van der Waals surface area contributed by atoms with Crippen molar-refractivity contribution in [2.24, 2.45) is 5.92 Å². The maximum Gasteiger partial charge on any atom is 0.303 e. The van der Waals surface area contributed by atoms with Gasteiger partial charge in [-0.1, -0.05) is 19.4 Å². The summed E-state index contributed by atoms with van der Waals surface area (Å²) >= 11 is 0. The number of nitrogens with one attached hydrogen (secondary N) is 1. The van der Waals surface area contributed by atoms with Crippen LogP contribution in [-0.2, 0) is 9.59 Å². The Morgan fingerprint density at radius 2 is 1.86 bits per heavy atom. The minimum Gasteiger partial charge on any atom is -0.484 e. The first-order chi connectivity index (χ1) is 9.90. The van der Waals surface area contributed by atoms with E-state index in [1.54, 1.807) is 0 Å². The predicted molar refractivity (Wildman–Crippen MR) is 80.5 cm³/mol. The van der Waals surface area contributed by atoms with Gasteiger partial charge in [0.15, 0.2) is 6.61 Å². The van der Waals surface area contributed by atoms with Crippen molar-refractivity contribution in [2.45, 2.75) is 33.6 Å². The number of carbonyl (C=O) groups excluding carboxylic acids is 1. The van der Waals surface area contributed by atoms with Crippen molar-refractivity contribution in [3.8, 4) is 5.75 Å². The van der Waals surface area contributed by atoms with E-state index in [9.17, 15) is 9.59 Å². The molecule has 0 aromatic heterocycles. The number of hydrogen-bond donors (Lipinski definition) is 2. The van der Waals surface area contributed by atoms with Crippen LogP contribution in [0.1, 0.15) is 30.9 Å². The molecular formula is C16H23NO4. The second kappa shape index (κ2) is 8.29. The molecule has 1 unspecified atom stereocenters. The van der Waals surface area contributed by atoms with Gasteiger partial charge >= 0.3 is 5.97 Å². The molecule has 0 fully saturated rings. The van der Waals surface area contributed by atoms with Crippen molar-refractivity contribution in [1.29, 1.82) is 0 Å². The van der Waals surface area contributed by atoms with Crippen LogP contribution in [-0.4, -0.2) is 30.1 Å². The summed E-state index contributed by atoms with van der Waals surface area (Å²) < 4.78 is 5.45. The molecule has 0 aliphatic heterocycles. The highest BCUT2D eigenvalue weighted by Gasteiger charge is 2.12. The molecule has 0 bridgehead atoms. The molecule has 116 valence electrons. The van der Waals surface area contributed by atoms with Crippen molar-refractivity contribution >= 4 is 11.9 Å². The molecule has 1 aromatic rings. The molecule has 1 aromatic carbocycles. The molecule has 1 amide bonds. The SMILES string of the molecule is CCC(CNC(=O)COc1cc(C)cc(C)c1)CC(=O)O. The molecule has 21 heavy (non-hydrogen) atoms. The van der Waals surface area contributed by atoms with Crippen LogP contribution >= 0.6 is 0 Å². The largest absolute Gasteiger partial charge is 0.484 e. The van der Waals surface area contributed by atoms with Crippen LogP contribution < -0.4 is 10.1 Å². The predicted octanol–water partition coefficient (Wildman–Crippen LogP) is 2.30. The average Bonchev–Trinajstić information content (AvgIpc) is 2.39. The van der Waals surface area contributed by atoms with Crippen LogP contribution in [0.4, 0.5) is 0 Å². The lowest BCUT2D eigenvalue weighted by Gasteiger charge is -2.14. The van der Waals surface area contributed by atoms with E-state index in [4.69, 9.17) is 9.84 Å². The molecule has 0 heterocycles. The zero-order chi connectivity index (χ0) is 15.8. The van der Waals surface area contributed by atoms with E-state index in [2.05, 4.69) is 5.32 Å². The third kappa shape index (κ3) is 6.79. The molecule has 0 saturated heterocycles. The first-order valence-corrected chi connectivity index (χ1v) is 7.10. The number of amides is 1. The van der Waals surface area contributed by atoms with Gasteiger partial charge in [0.25, 0.3) is 5.91 Å². The normalized spacial score (nSPS) is 11.8. The fraction of sp³-hybridized carbons (Fsp3) is 0.500.